The minimum atomic E-state index is -4.71. The van der Waals surface area contributed by atoms with Crippen LogP contribution >= 0.6 is 7.60 Å². The first-order valence-electron chi connectivity index (χ1n) is 7.56. The van der Waals surface area contributed by atoms with Gasteiger partial charge in [-0.25, -0.2) is 4.98 Å². The van der Waals surface area contributed by atoms with Gasteiger partial charge in [0.15, 0.2) is 0 Å². The summed E-state index contributed by atoms with van der Waals surface area (Å²) in [5.41, 5.74) is 3.46. The summed E-state index contributed by atoms with van der Waals surface area (Å²) < 4.78 is 17.6. The van der Waals surface area contributed by atoms with Crippen LogP contribution in [-0.2, 0) is 23.0 Å². The van der Waals surface area contributed by atoms with Gasteiger partial charge in [0.1, 0.15) is 12.4 Å². The number of benzene rings is 1. The van der Waals surface area contributed by atoms with Gasteiger partial charge in [0.2, 0.25) is 0 Å². The van der Waals surface area contributed by atoms with Crippen LogP contribution in [0.1, 0.15) is 5.82 Å². The zero-order valence-electron chi connectivity index (χ0n) is 13.5. The molecule has 0 atom stereocenters. The molecule has 0 aliphatic carbocycles. The van der Waals surface area contributed by atoms with Gasteiger partial charge >= 0.3 is 0 Å². The van der Waals surface area contributed by atoms with Gasteiger partial charge in [0.25, 0.3) is 0 Å². The van der Waals surface area contributed by atoms with Crippen molar-refractivity contribution in [1.82, 2.24) is 14.5 Å². The molecule has 3 aromatic rings. The third kappa shape index (κ3) is 4.21. The van der Waals surface area contributed by atoms with Crippen LogP contribution < -0.4 is 9.79 Å². The smallest absolute Gasteiger partial charge is 0.135 e. The molecule has 0 saturated heterocycles. The van der Waals surface area contributed by atoms with Crippen LogP contribution in [0.2, 0.25) is 0 Å². The third-order valence-corrected chi connectivity index (χ3v) is 4.17. The molecule has 0 aliphatic heterocycles. The number of ether oxygens (including phenoxy) is 1. The molecule has 25 heavy (non-hydrogen) atoms. The summed E-state index contributed by atoms with van der Waals surface area (Å²) in [4.78, 5) is 30.1. The molecule has 3 rings (SSSR count). The van der Waals surface area contributed by atoms with Gasteiger partial charge in [-0.2, -0.15) is 0 Å². The van der Waals surface area contributed by atoms with E-state index in [-0.39, 0.29) is 6.61 Å². The van der Waals surface area contributed by atoms with Crippen molar-refractivity contribution in [2.45, 2.75) is 6.61 Å². The van der Waals surface area contributed by atoms with E-state index in [0.29, 0.717) is 5.82 Å². The Labute approximate surface area is 145 Å². The Bertz CT molecular complexity index is 891. The zero-order chi connectivity index (χ0) is 17.9. The van der Waals surface area contributed by atoms with Crippen molar-refractivity contribution >= 4 is 7.60 Å². The number of aromatic nitrogens is 3. The van der Waals surface area contributed by atoms with Crippen molar-refractivity contribution in [1.29, 1.82) is 0 Å². The van der Waals surface area contributed by atoms with E-state index in [2.05, 4.69) is 9.97 Å². The monoisotopic (exact) mass is 357 g/mol. The number of imidazole rings is 1. The fourth-order valence-corrected chi connectivity index (χ4v) is 2.88. The van der Waals surface area contributed by atoms with Crippen LogP contribution in [0.15, 0.2) is 54.9 Å². The lowest BCUT2D eigenvalue weighted by Gasteiger charge is -2.28. The maximum Gasteiger partial charge on any atom is 0.135 e. The molecule has 1 aromatic carbocycles. The van der Waals surface area contributed by atoms with Crippen molar-refractivity contribution in [2.75, 3.05) is 6.35 Å². The van der Waals surface area contributed by atoms with E-state index in [1.165, 1.54) is 0 Å². The highest BCUT2D eigenvalue weighted by Crippen LogP contribution is 2.32. The average molecular weight is 357 g/mol. The molecule has 2 aromatic heterocycles. The number of nitrogens with zero attached hydrogens (tertiary/aromatic N) is 3. The fraction of sp³-hybridized carbons (Fsp3) is 0.176. The van der Waals surface area contributed by atoms with Crippen molar-refractivity contribution in [3.63, 3.8) is 0 Å². The molecular formula is C17H16N3O4P-2. The van der Waals surface area contributed by atoms with Crippen LogP contribution in [-0.4, -0.2) is 20.9 Å². The lowest BCUT2D eigenvalue weighted by Crippen LogP contribution is -2.18. The SMILES string of the molecule is Cn1c(COCP(=O)([O-])[O-])nc(-c2ccccc2)c1-c1ccncc1. The van der Waals surface area contributed by atoms with Crippen LogP contribution in [0.3, 0.4) is 0 Å². The number of hydrogen-bond donors (Lipinski definition) is 0. The fourth-order valence-electron chi connectivity index (χ4n) is 2.56. The van der Waals surface area contributed by atoms with Crippen molar-refractivity contribution in [2.24, 2.45) is 7.05 Å². The number of rotatable bonds is 6. The Balaban J connectivity index is 2.01. The Hall–Kier alpha value is -2.31. The zero-order valence-corrected chi connectivity index (χ0v) is 14.4. The van der Waals surface area contributed by atoms with Gasteiger partial charge in [-0.05, 0) is 19.7 Å². The highest BCUT2D eigenvalue weighted by molar-refractivity contribution is 7.48. The standard InChI is InChI=1S/C17H18N3O4P/c1-20-15(11-24-12-25(21,22)23)19-16(13-5-3-2-4-6-13)17(20)14-7-9-18-10-8-14/h2-10H,11-12H2,1H3,(H2,21,22,23)/p-2. The first kappa shape index (κ1) is 17.5. The maximum absolute atomic E-state index is 10.7. The molecule has 0 spiro atoms. The Morgan fingerprint density at radius 3 is 2.40 bits per heavy atom. The number of pyridine rings is 1. The van der Waals surface area contributed by atoms with Gasteiger partial charge in [0, 0.05) is 30.6 Å². The summed E-state index contributed by atoms with van der Waals surface area (Å²) in [5, 5.41) is 0. The van der Waals surface area contributed by atoms with E-state index in [1.807, 2.05) is 54.1 Å². The minimum Gasteiger partial charge on any atom is -0.809 e. The second kappa shape index (κ2) is 7.29. The molecule has 0 amide bonds. The molecule has 0 N–H and O–H groups in total. The first-order valence-corrected chi connectivity index (χ1v) is 9.29. The van der Waals surface area contributed by atoms with Crippen molar-refractivity contribution in [3.05, 3.63) is 60.7 Å². The van der Waals surface area contributed by atoms with Crippen LogP contribution in [0.4, 0.5) is 0 Å². The van der Waals surface area contributed by atoms with E-state index in [4.69, 9.17) is 4.74 Å². The van der Waals surface area contributed by atoms with Gasteiger partial charge in [-0.3, -0.25) is 4.98 Å². The summed E-state index contributed by atoms with van der Waals surface area (Å²) >= 11 is 0. The van der Waals surface area contributed by atoms with Crippen LogP contribution in [0.25, 0.3) is 22.5 Å². The summed E-state index contributed by atoms with van der Waals surface area (Å²) in [6.07, 6.45) is 2.53. The molecule has 0 fully saturated rings. The molecule has 0 bridgehead atoms. The molecule has 0 unspecified atom stereocenters. The summed E-state index contributed by atoms with van der Waals surface area (Å²) in [7, 11) is -2.89. The van der Waals surface area contributed by atoms with Crippen LogP contribution in [0, 0.1) is 0 Å². The van der Waals surface area contributed by atoms with Gasteiger partial charge in [0.05, 0.1) is 17.7 Å². The third-order valence-electron chi connectivity index (χ3n) is 3.67. The molecular weight excluding hydrogens is 341 g/mol. The topological polar surface area (TPSA) is 103 Å². The predicted octanol–water partition coefficient (Wildman–Crippen LogP) is 1.54. The molecule has 7 nitrogen and oxygen atoms in total. The lowest BCUT2D eigenvalue weighted by atomic mass is 10.1. The highest BCUT2D eigenvalue weighted by Gasteiger charge is 2.17. The Morgan fingerprint density at radius 1 is 1.08 bits per heavy atom. The first-order chi connectivity index (χ1) is 12.0. The van der Waals surface area contributed by atoms with Crippen molar-refractivity contribution in [3.8, 4) is 22.5 Å². The van der Waals surface area contributed by atoms with E-state index < -0.39 is 13.9 Å². The molecule has 0 saturated carbocycles. The number of hydrogen-bond acceptors (Lipinski definition) is 6. The maximum atomic E-state index is 10.7. The highest BCUT2D eigenvalue weighted by atomic mass is 31.2. The minimum absolute atomic E-state index is 0.0735. The molecule has 130 valence electrons. The molecule has 0 aliphatic rings. The van der Waals surface area contributed by atoms with Crippen LogP contribution in [0.5, 0.6) is 0 Å². The molecule has 0 radical (unpaired) electrons. The van der Waals surface area contributed by atoms with E-state index in [9.17, 15) is 14.4 Å². The quantitative estimate of drug-likeness (QED) is 0.620. The van der Waals surface area contributed by atoms with E-state index in [0.717, 1.165) is 22.5 Å². The normalized spacial score (nSPS) is 11.6. The Kier molecular flexibility index (Phi) is 5.11. The van der Waals surface area contributed by atoms with Crippen molar-refractivity contribution < 1.29 is 19.1 Å². The second-order valence-electron chi connectivity index (χ2n) is 5.47. The van der Waals surface area contributed by atoms with E-state index >= 15 is 0 Å². The Morgan fingerprint density at radius 2 is 1.76 bits per heavy atom. The second-order valence-corrected chi connectivity index (χ2v) is 6.95. The largest absolute Gasteiger partial charge is 0.809 e. The summed E-state index contributed by atoms with van der Waals surface area (Å²) in [6.45, 7) is -0.0735. The van der Waals surface area contributed by atoms with Gasteiger partial charge in [-0.15, -0.1) is 0 Å². The summed E-state index contributed by atoms with van der Waals surface area (Å²) in [6, 6.07) is 13.4. The predicted molar refractivity (Wildman–Crippen MR) is 89.1 cm³/mol. The average Bonchev–Trinajstić information content (AvgIpc) is 2.92. The van der Waals surface area contributed by atoms with Gasteiger partial charge < -0.3 is 23.7 Å². The lowest BCUT2D eigenvalue weighted by molar-refractivity contribution is -0.318. The molecule has 2 heterocycles. The van der Waals surface area contributed by atoms with Gasteiger partial charge in [-0.1, -0.05) is 30.3 Å². The van der Waals surface area contributed by atoms with E-state index in [1.54, 1.807) is 12.4 Å². The summed E-state index contributed by atoms with van der Waals surface area (Å²) in [5.74, 6) is 0.527. The molecule has 8 heteroatoms.